The number of hydrogen-bond acceptors (Lipinski definition) is 0. The van der Waals surface area contributed by atoms with E-state index in [1.54, 1.807) is 0 Å². The highest BCUT2D eigenvalue weighted by molar-refractivity contribution is 6.17. The van der Waals surface area contributed by atoms with Crippen molar-refractivity contribution in [3.05, 3.63) is 60.2 Å². The fourth-order valence-electron chi connectivity index (χ4n) is 3.47. The largest absolute Gasteiger partial charge is 0.340 e. The molecule has 1 aromatic heterocycles. The summed E-state index contributed by atoms with van der Waals surface area (Å²) in [5.74, 6) is 0. The van der Waals surface area contributed by atoms with E-state index in [1.807, 2.05) is 0 Å². The Labute approximate surface area is 124 Å². The van der Waals surface area contributed by atoms with Gasteiger partial charge in [0.15, 0.2) is 0 Å². The van der Waals surface area contributed by atoms with E-state index in [0.29, 0.717) is 0 Å². The summed E-state index contributed by atoms with van der Waals surface area (Å²) in [4.78, 5) is 0. The average molecular weight is 273 g/mol. The normalized spacial score (nSPS) is 11.7. The molecule has 0 spiro atoms. The molecule has 3 aromatic carbocycles. The molecule has 0 aliphatic heterocycles. The highest BCUT2D eigenvalue weighted by Crippen LogP contribution is 2.34. The van der Waals surface area contributed by atoms with Crippen LogP contribution in [-0.4, -0.2) is 4.57 Å². The van der Waals surface area contributed by atoms with Gasteiger partial charge in [0.1, 0.15) is 0 Å². The van der Waals surface area contributed by atoms with E-state index >= 15 is 0 Å². The van der Waals surface area contributed by atoms with Crippen molar-refractivity contribution in [3.8, 4) is 0 Å². The number of rotatable bonds is 2. The third kappa shape index (κ3) is 1.70. The maximum Gasteiger partial charge on any atom is 0.0570 e. The van der Waals surface area contributed by atoms with Crippen molar-refractivity contribution in [2.45, 2.75) is 26.8 Å². The smallest absolute Gasteiger partial charge is 0.0570 e. The average Bonchev–Trinajstić information content (AvgIpc) is 2.88. The van der Waals surface area contributed by atoms with Gasteiger partial charge in [-0.05, 0) is 36.4 Å². The molecule has 0 bridgehead atoms. The molecule has 0 radical (unpaired) electrons. The zero-order valence-corrected chi connectivity index (χ0v) is 12.6. The van der Waals surface area contributed by atoms with Crippen LogP contribution in [0.15, 0.2) is 54.6 Å². The first-order chi connectivity index (χ1) is 10.3. The van der Waals surface area contributed by atoms with Crippen LogP contribution >= 0.6 is 0 Å². The van der Waals surface area contributed by atoms with Crippen LogP contribution in [0.4, 0.5) is 0 Å². The summed E-state index contributed by atoms with van der Waals surface area (Å²) in [5.41, 5.74) is 4.13. The summed E-state index contributed by atoms with van der Waals surface area (Å²) in [6.45, 7) is 5.45. The van der Waals surface area contributed by atoms with Crippen LogP contribution in [0.5, 0.6) is 0 Å². The lowest BCUT2D eigenvalue weighted by Crippen LogP contribution is -1.93. The van der Waals surface area contributed by atoms with Crippen molar-refractivity contribution in [2.24, 2.45) is 0 Å². The molecule has 4 rings (SSSR count). The maximum absolute atomic E-state index is 2.45. The zero-order valence-electron chi connectivity index (χ0n) is 12.6. The van der Waals surface area contributed by atoms with Gasteiger partial charge < -0.3 is 4.57 Å². The van der Waals surface area contributed by atoms with Gasteiger partial charge in [-0.2, -0.15) is 0 Å². The summed E-state index contributed by atoms with van der Waals surface area (Å²) in [6.07, 6.45) is 1.09. The lowest BCUT2D eigenvalue weighted by Gasteiger charge is -2.06. The second-order valence-electron chi connectivity index (χ2n) is 5.63. The van der Waals surface area contributed by atoms with Gasteiger partial charge in [-0.25, -0.2) is 0 Å². The molecule has 0 amide bonds. The second-order valence-corrected chi connectivity index (χ2v) is 5.63. The van der Waals surface area contributed by atoms with Crippen molar-refractivity contribution in [1.29, 1.82) is 0 Å². The summed E-state index contributed by atoms with van der Waals surface area (Å²) < 4.78 is 2.45. The van der Waals surface area contributed by atoms with Crippen LogP contribution in [0.2, 0.25) is 0 Å². The summed E-state index contributed by atoms with van der Waals surface area (Å²) in [6, 6.07) is 20.1. The summed E-state index contributed by atoms with van der Waals surface area (Å²) in [5, 5.41) is 5.43. The molecule has 1 nitrogen and oxygen atoms in total. The predicted octanol–water partition coefficient (Wildman–Crippen LogP) is 5.53. The maximum atomic E-state index is 2.45. The lowest BCUT2D eigenvalue weighted by molar-refractivity contribution is 0.829. The van der Waals surface area contributed by atoms with Gasteiger partial charge >= 0.3 is 0 Å². The Hall–Kier alpha value is -2.28. The van der Waals surface area contributed by atoms with Crippen LogP contribution in [0.25, 0.3) is 32.6 Å². The quantitative estimate of drug-likeness (QED) is 0.452. The van der Waals surface area contributed by atoms with Gasteiger partial charge in [0.05, 0.1) is 5.52 Å². The van der Waals surface area contributed by atoms with E-state index in [2.05, 4.69) is 73.0 Å². The van der Waals surface area contributed by atoms with E-state index in [4.69, 9.17) is 0 Å². The standard InChI is InChI=1S/C20H19N/c1-3-14-9-12-19-18(13-14)17-11-10-15-7-5-6-8-16(15)20(17)21(19)4-2/h5-13H,3-4H2,1-2H3. The fourth-order valence-corrected chi connectivity index (χ4v) is 3.47. The first kappa shape index (κ1) is 12.5. The number of aryl methyl sites for hydroxylation is 2. The van der Waals surface area contributed by atoms with Gasteiger partial charge in [0.25, 0.3) is 0 Å². The molecule has 0 saturated heterocycles. The predicted molar refractivity (Wildman–Crippen MR) is 92.0 cm³/mol. The topological polar surface area (TPSA) is 4.93 Å². The molecule has 0 aliphatic carbocycles. The minimum absolute atomic E-state index is 0.999. The van der Waals surface area contributed by atoms with Gasteiger partial charge in [-0.1, -0.05) is 49.4 Å². The Kier molecular flexibility index (Phi) is 2.75. The summed E-state index contributed by atoms with van der Waals surface area (Å²) in [7, 11) is 0. The van der Waals surface area contributed by atoms with Gasteiger partial charge in [-0.15, -0.1) is 0 Å². The molecule has 4 aromatic rings. The van der Waals surface area contributed by atoms with Gasteiger partial charge in [0, 0.05) is 28.2 Å². The minimum atomic E-state index is 0.999. The van der Waals surface area contributed by atoms with Gasteiger partial charge in [0.2, 0.25) is 0 Å². The molecule has 0 saturated carbocycles. The lowest BCUT2D eigenvalue weighted by atomic mass is 10.0. The second kappa shape index (κ2) is 4.63. The van der Waals surface area contributed by atoms with E-state index in [9.17, 15) is 0 Å². The number of fused-ring (bicyclic) bond motifs is 5. The Morgan fingerprint density at radius 2 is 1.67 bits per heavy atom. The first-order valence-electron chi connectivity index (χ1n) is 7.76. The number of nitrogens with zero attached hydrogens (tertiary/aromatic N) is 1. The molecule has 1 heterocycles. The third-order valence-corrected chi connectivity index (χ3v) is 4.54. The molecule has 0 unspecified atom stereocenters. The molecule has 0 atom stereocenters. The molecule has 1 heteroatoms. The number of benzene rings is 3. The minimum Gasteiger partial charge on any atom is -0.340 e. The Morgan fingerprint density at radius 3 is 2.48 bits per heavy atom. The third-order valence-electron chi connectivity index (χ3n) is 4.54. The van der Waals surface area contributed by atoms with Crippen molar-refractivity contribution in [1.82, 2.24) is 4.57 Å². The van der Waals surface area contributed by atoms with E-state index in [1.165, 1.54) is 38.1 Å². The number of aromatic nitrogens is 1. The van der Waals surface area contributed by atoms with Crippen molar-refractivity contribution in [3.63, 3.8) is 0 Å². The van der Waals surface area contributed by atoms with Crippen LogP contribution in [0, 0.1) is 0 Å². The van der Waals surface area contributed by atoms with Crippen molar-refractivity contribution < 1.29 is 0 Å². The monoisotopic (exact) mass is 273 g/mol. The molecule has 104 valence electrons. The van der Waals surface area contributed by atoms with Gasteiger partial charge in [-0.3, -0.25) is 0 Å². The van der Waals surface area contributed by atoms with Crippen LogP contribution in [0.1, 0.15) is 19.4 Å². The van der Waals surface area contributed by atoms with Crippen LogP contribution in [0.3, 0.4) is 0 Å². The van der Waals surface area contributed by atoms with E-state index < -0.39 is 0 Å². The van der Waals surface area contributed by atoms with Crippen LogP contribution in [-0.2, 0) is 13.0 Å². The molecular weight excluding hydrogens is 254 g/mol. The van der Waals surface area contributed by atoms with Crippen molar-refractivity contribution >= 4 is 32.6 Å². The van der Waals surface area contributed by atoms with E-state index in [0.717, 1.165) is 13.0 Å². The SMILES string of the molecule is CCc1ccc2c(c1)c1ccc3ccccc3c1n2CC. The Bertz CT molecular complexity index is 960. The highest BCUT2D eigenvalue weighted by Gasteiger charge is 2.12. The zero-order chi connectivity index (χ0) is 14.4. The Morgan fingerprint density at radius 1 is 0.810 bits per heavy atom. The fraction of sp³-hybridized carbons (Fsp3) is 0.200. The summed E-state index contributed by atoms with van der Waals surface area (Å²) >= 11 is 0. The highest BCUT2D eigenvalue weighted by atomic mass is 15.0. The molecule has 21 heavy (non-hydrogen) atoms. The molecule has 0 N–H and O–H groups in total. The molecule has 0 aliphatic rings. The Balaban J connectivity index is 2.27. The van der Waals surface area contributed by atoms with Crippen LogP contribution < -0.4 is 0 Å². The van der Waals surface area contributed by atoms with E-state index in [-0.39, 0.29) is 0 Å². The first-order valence-corrected chi connectivity index (χ1v) is 7.76. The number of hydrogen-bond donors (Lipinski definition) is 0. The molecule has 0 fully saturated rings. The molecular formula is C20H19N. The van der Waals surface area contributed by atoms with Crippen molar-refractivity contribution in [2.75, 3.05) is 0 Å².